The van der Waals surface area contributed by atoms with Gasteiger partial charge in [-0.05, 0) is 57.4 Å². The van der Waals surface area contributed by atoms with Crippen LogP contribution in [-0.4, -0.2) is 35.0 Å². The lowest BCUT2D eigenvalue weighted by Gasteiger charge is -2.22. The lowest BCUT2D eigenvalue weighted by molar-refractivity contribution is 0.102. The van der Waals surface area contributed by atoms with Crippen molar-refractivity contribution in [2.45, 2.75) is 58.9 Å². The maximum atomic E-state index is 12.6. The Hall–Kier alpha value is -2.63. The quantitative estimate of drug-likeness (QED) is 0.732. The molecule has 1 aliphatic rings. The lowest BCUT2D eigenvalue weighted by Crippen LogP contribution is -2.23. The summed E-state index contributed by atoms with van der Waals surface area (Å²) in [6.45, 7) is 8.21. The summed E-state index contributed by atoms with van der Waals surface area (Å²) in [5.41, 5.74) is 3.47. The van der Waals surface area contributed by atoms with Crippen LogP contribution in [0.4, 0.5) is 17.3 Å². The molecule has 6 nitrogen and oxygen atoms in total. The Bertz CT molecular complexity index is 780. The predicted octanol–water partition coefficient (Wildman–Crippen LogP) is 4.63. The zero-order valence-electron chi connectivity index (χ0n) is 17.2. The molecule has 0 spiro atoms. The Labute approximate surface area is 167 Å². The van der Waals surface area contributed by atoms with E-state index < -0.39 is 0 Å². The molecule has 0 radical (unpaired) electrons. The molecular weight excluding hydrogens is 350 g/mol. The fourth-order valence-electron chi connectivity index (χ4n) is 3.72. The van der Waals surface area contributed by atoms with Gasteiger partial charge >= 0.3 is 0 Å². The second-order valence-electron chi connectivity index (χ2n) is 7.40. The molecule has 3 rings (SSSR count). The van der Waals surface area contributed by atoms with E-state index in [0.717, 1.165) is 37.2 Å². The van der Waals surface area contributed by atoms with Crippen molar-refractivity contribution in [2.24, 2.45) is 0 Å². The van der Waals surface area contributed by atoms with Gasteiger partial charge in [-0.2, -0.15) is 0 Å². The van der Waals surface area contributed by atoms with Gasteiger partial charge in [-0.3, -0.25) is 4.79 Å². The summed E-state index contributed by atoms with van der Waals surface area (Å²) in [5, 5.41) is 6.35. The molecule has 2 N–H and O–H groups in total. The van der Waals surface area contributed by atoms with E-state index in [0.29, 0.717) is 17.6 Å². The molecule has 1 fully saturated rings. The topological polar surface area (TPSA) is 70.2 Å². The lowest BCUT2D eigenvalue weighted by atomic mass is 9.96. The minimum atomic E-state index is -0.192. The van der Waals surface area contributed by atoms with E-state index in [1.54, 1.807) is 12.4 Å². The van der Waals surface area contributed by atoms with Crippen LogP contribution in [0.15, 0.2) is 30.6 Å². The first-order valence-corrected chi connectivity index (χ1v) is 10.4. The molecule has 150 valence electrons. The van der Waals surface area contributed by atoms with Crippen molar-refractivity contribution < 1.29 is 4.79 Å². The van der Waals surface area contributed by atoms with Gasteiger partial charge in [0.2, 0.25) is 5.95 Å². The molecule has 0 aliphatic heterocycles. The largest absolute Gasteiger partial charge is 0.372 e. The van der Waals surface area contributed by atoms with Gasteiger partial charge in [0, 0.05) is 42.9 Å². The monoisotopic (exact) mass is 381 g/mol. The molecular formula is C22H31N5O. The van der Waals surface area contributed by atoms with Crippen molar-refractivity contribution in [1.29, 1.82) is 0 Å². The van der Waals surface area contributed by atoms with Crippen LogP contribution < -0.4 is 15.5 Å². The summed E-state index contributed by atoms with van der Waals surface area (Å²) in [4.78, 5) is 23.5. The number of hydrogen-bond acceptors (Lipinski definition) is 5. The molecule has 1 aliphatic carbocycles. The van der Waals surface area contributed by atoms with Crippen LogP contribution in [0.5, 0.6) is 0 Å². The third kappa shape index (κ3) is 5.00. The normalized spacial score (nSPS) is 14.5. The number of aryl methyl sites for hydroxylation is 1. The van der Waals surface area contributed by atoms with E-state index in [1.165, 1.54) is 24.9 Å². The number of rotatable bonds is 7. The highest BCUT2D eigenvalue weighted by atomic mass is 16.1. The summed E-state index contributed by atoms with van der Waals surface area (Å²) < 4.78 is 0. The fourth-order valence-corrected chi connectivity index (χ4v) is 3.72. The molecule has 1 heterocycles. The van der Waals surface area contributed by atoms with Gasteiger partial charge in [0.25, 0.3) is 5.91 Å². The SMILES string of the molecule is CCN(CC)c1ccc(NC(=O)c2cnc(NC3CCCCC3)nc2)c(C)c1. The Kier molecular flexibility index (Phi) is 6.85. The van der Waals surface area contributed by atoms with Crippen LogP contribution in [0, 0.1) is 6.92 Å². The van der Waals surface area contributed by atoms with Gasteiger partial charge in [0.1, 0.15) is 0 Å². The first-order chi connectivity index (χ1) is 13.6. The Morgan fingerprint density at radius 2 is 1.79 bits per heavy atom. The maximum Gasteiger partial charge on any atom is 0.258 e. The number of amides is 1. The van der Waals surface area contributed by atoms with Crippen molar-refractivity contribution >= 4 is 23.2 Å². The van der Waals surface area contributed by atoms with E-state index in [9.17, 15) is 4.79 Å². The van der Waals surface area contributed by atoms with Gasteiger partial charge in [0.15, 0.2) is 0 Å². The van der Waals surface area contributed by atoms with Gasteiger partial charge in [-0.1, -0.05) is 19.3 Å². The molecule has 1 aromatic heterocycles. The highest BCUT2D eigenvalue weighted by Gasteiger charge is 2.15. The zero-order valence-corrected chi connectivity index (χ0v) is 17.2. The van der Waals surface area contributed by atoms with Crippen molar-refractivity contribution in [3.8, 4) is 0 Å². The molecule has 0 saturated heterocycles. The number of carbonyl (C=O) groups is 1. The van der Waals surface area contributed by atoms with E-state index in [2.05, 4.69) is 45.4 Å². The number of anilines is 3. The van der Waals surface area contributed by atoms with Crippen LogP contribution in [0.25, 0.3) is 0 Å². The maximum absolute atomic E-state index is 12.6. The highest BCUT2D eigenvalue weighted by Crippen LogP contribution is 2.23. The number of hydrogen-bond donors (Lipinski definition) is 2. The number of nitrogens with zero attached hydrogens (tertiary/aromatic N) is 3. The summed E-state index contributed by atoms with van der Waals surface area (Å²) in [5.74, 6) is 0.408. The predicted molar refractivity (Wildman–Crippen MR) is 115 cm³/mol. The standard InChI is InChI=1S/C22H31N5O/c1-4-27(5-2)19-11-12-20(16(3)13-19)26-21(28)17-14-23-22(24-15-17)25-18-9-7-6-8-10-18/h11-15,18H,4-10H2,1-3H3,(H,26,28)(H,23,24,25). The second-order valence-corrected chi connectivity index (χ2v) is 7.40. The number of benzene rings is 1. The summed E-state index contributed by atoms with van der Waals surface area (Å²) in [6, 6.07) is 6.56. The Balaban J connectivity index is 1.62. The number of aromatic nitrogens is 2. The molecule has 2 aromatic rings. The van der Waals surface area contributed by atoms with Gasteiger partial charge < -0.3 is 15.5 Å². The van der Waals surface area contributed by atoms with E-state index in [4.69, 9.17) is 0 Å². The Morgan fingerprint density at radius 1 is 1.11 bits per heavy atom. The fraction of sp³-hybridized carbons (Fsp3) is 0.500. The van der Waals surface area contributed by atoms with Crippen LogP contribution >= 0.6 is 0 Å². The molecule has 0 unspecified atom stereocenters. The third-order valence-corrected chi connectivity index (χ3v) is 5.44. The van der Waals surface area contributed by atoms with Crippen molar-refractivity contribution in [3.05, 3.63) is 41.7 Å². The van der Waals surface area contributed by atoms with Crippen molar-refractivity contribution in [3.63, 3.8) is 0 Å². The molecule has 28 heavy (non-hydrogen) atoms. The van der Waals surface area contributed by atoms with Crippen LogP contribution in [0.2, 0.25) is 0 Å². The minimum absolute atomic E-state index is 0.192. The van der Waals surface area contributed by atoms with E-state index >= 15 is 0 Å². The molecule has 0 bridgehead atoms. The Morgan fingerprint density at radius 3 is 2.39 bits per heavy atom. The van der Waals surface area contributed by atoms with Crippen LogP contribution in [-0.2, 0) is 0 Å². The minimum Gasteiger partial charge on any atom is -0.372 e. The average molecular weight is 382 g/mol. The van der Waals surface area contributed by atoms with Crippen LogP contribution in [0.3, 0.4) is 0 Å². The summed E-state index contributed by atoms with van der Waals surface area (Å²) in [7, 11) is 0. The van der Waals surface area contributed by atoms with Gasteiger partial charge in [-0.25, -0.2) is 9.97 Å². The van der Waals surface area contributed by atoms with Gasteiger partial charge in [-0.15, -0.1) is 0 Å². The third-order valence-electron chi connectivity index (χ3n) is 5.44. The zero-order chi connectivity index (χ0) is 19.9. The molecule has 1 aromatic carbocycles. The smallest absolute Gasteiger partial charge is 0.258 e. The summed E-state index contributed by atoms with van der Waals surface area (Å²) >= 11 is 0. The molecule has 1 amide bonds. The number of carbonyl (C=O) groups excluding carboxylic acids is 1. The van der Waals surface area contributed by atoms with Crippen LogP contribution in [0.1, 0.15) is 61.9 Å². The molecule has 0 atom stereocenters. The summed E-state index contributed by atoms with van der Waals surface area (Å²) in [6.07, 6.45) is 9.32. The molecule has 6 heteroatoms. The van der Waals surface area contributed by atoms with Crippen molar-refractivity contribution in [1.82, 2.24) is 9.97 Å². The first-order valence-electron chi connectivity index (χ1n) is 10.4. The highest BCUT2D eigenvalue weighted by molar-refractivity contribution is 6.04. The first kappa shape index (κ1) is 20.1. The number of nitrogens with one attached hydrogen (secondary N) is 2. The van der Waals surface area contributed by atoms with E-state index in [-0.39, 0.29) is 5.91 Å². The van der Waals surface area contributed by atoms with E-state index in [1.807, 2.05) is 19.1 Å². The molecule has 1 saturated carbocycles. The van der Waals surface area contributed by atoms with Gasteiger partial charge in [0.05, 0.1) is 5.56 Å². The second kappa shape index (κ2) is 9.53. The average Bonchev–Trinajstić information content (AvgIpc) is 2.72. The van der Waals surface area contributed by atoms with Crippen molar-refractivity contribution in [2.75, 3.05) is 28.6 Å².